The summed E-state index contributed by atoms with van der Waals surface area (Å²) in [6.45, 7) is -0.194. The number of fused-ring (bicyclic) bond motifs is 1. The molecule has 32 heavy (non-hydrogen) atoms. The highest BCUT2D eigenvalue weighted by atomic mass is 16.3. The fourth-order valence-electron chi connectivity index (χ4n) is 4.45. The van der Waals surface area contributed by atoms with Gasteiger partial charge in [0, 0.05) is 30.9 Å². The molecule has 2 atom stereocenters. The van der Waals surface area contributed by atoms with Crippen LogP contribution in [0.4, 0.5) is 5.95 Å². The highest BCUT2D eigenvalue weighted by Gasteiger charge is 2.26. The molecule has 4 aromatic heterocycles. The second kappa shape index (κ2) is 8.36. The summed E-state index contributed by atoms with van der Waals surface area (Å²) in [5.74, 6) is 0.464. The summed E-state index contributed by atoms with van der Waals surface area (Å²) >= 11 is 0. The summed E-state index contributed by atoms with van der Waals surface area (Å²) in [5, 5.41) is 26.9. The molecular formula is C22H23N9O. The number of aromatic nitrogens is 7. The van der Waals surface area contributed by atoms with E-state index in [2.05, 4.69) is 41.0 Å². The van der Waals surface area contributed by atoms with Gasteiger partial charge in [-0.15, -0.1) is 0 Å². The van der Waals surface area contributed by atoms with Crippen molar-refractivity contribution in [2.24, 2.45) is 7.05 Å². The van der Waals surface area contributed by atoms with E-state index in [0.717, 1.165) is 36.8 Å². The van der Waals surface area contributed by atoms with Gasteiger partial charge in [-0.1, -0.05) is 0 Å². The van der Waals surface area contributed by atoms with Gasteiger partial charge in [0.25, 0.3) is 0 Å². The fraction of sp³-hybridized carbons (Fsp3) is 0.364. The van der Waals surface area contributed by atoms with Crippen molar-refractivity contribution in [3.63, 3.8) is 0 Å². The zero-order valence-corrected chi connectivity index (χ0v) is 17.7. The number of hydrogen-bond donors (Lipinski definition) is 2. The second-order valence-corrected chi connectivity index (χ2v) is 8.01. The molecule has 0 spiro atoms. The van der Waals surface area contributed by atoms with Crippen LogP contribution in [0.15, 0.2) is 37.1 Å². The number of aliphatic hydroxyl groups excluding tert-OH is 1. The minimum atomic E-state index is -0.194. The minimum Gasteiger partial charge on any atom is -0.390 e. The number of nitriles is 1. The largest absolute Gasteiger partial charge is 0.390 e. The van der Waals surface area contributed by atoms with Crippen LogP contribution in [0.5, 0.6) is 0 Å². The first-order valence-corrected chi connectivity index (χ1v) is 10.6. The number of pyridine rings is 1. The van der Waals surface area contributed by atoms with E-state index in [9.17, 15) is 10.4 Å². The molecule has 1 saturated carbocycles. The topological polar surface area (TPSA) is 130 Å². The van der Waals surface area contributed by atoms with Crippen LogP contribution in [0.1, 0.15) is 43.0 Å². The van der Waals surface area contributed by atoms with E-state index in [1.807, 2.05) is 18.5 Å². The number of nitrogens with zero attached hydrogens (tertiary/aromatic N) is 8. The zero-order valence-electron chi connectivity index (χ0n) is 17.7. The molecule has 0 unspecified atom stereocenters. The van der Waals surface area contributed by atoms with Crippen molar-refractivity contribution in [2.45, 2.75) is 44.4 Å². The first-order valence-electron chi connectivity index (χ1n) is 10.6. The number of hydrogen-bond acceptors (Lipinski definition) is 8. The molecule has 162 valence electrons. The van der Waals surface area contributed by atoms with Crippen molar-refractivity contribution in [1.29, 1.82) is 5.26 Å². The third-order valence-corrected chi connectivity index (χ3v) is 6.08. The fourth-order valence-corrected chi connectivity index (χ4v) is 4.45. The van der Waals surface area contributed by atoms with Gasteiger partial charge in [-0.25, -0.2) is 19.9 Å². The Morgan fingerprint density at radius 2 is 2.16 bits per heavy atom. The van der Waals surface area contributed by atoms with Crippen LogP contribution >= 0.6 is 0 Å². The van der Waals surface area contributed by atoms with E-state index in [0.29, 0.717) is 34.5 Å². The standard InChI is InChI=1S/C22H23N9O/c1-30-19(12-32)17(11-27-30)20-14(9-23)10-25-22(29-20)28-15-4-2-5-16(8-15)31-13-26-18-6-3-7-24-21(18)31/h3,6-7,10-11,13,15-16,32H,2,4-5,8,12H2,1H3,(H,25,28,29)/t15-,16+/m1/s1. The van der Waals surface area contributed by atoms with Crippen LogP contribution in [-0.4, -0.2) is 45.4 Å². The van der Waals surface area contributed by atoms with E-state index in [-0.39, 0.29) is 12.6 Å². The zero-order chi connectivity index (χ0) is 22.1. The van der Waals surface area contributed by atoms with E-state index >= 15 is 0 Å². The Labute approximate surface area is 184 Å². The summed E-state index contributed by atoms with van der Waals surface area (Å²) < 4.78 is 3.75. The predicted molar refractivity (Wildman–Crippen MR) is 117 cm³/mol. The summed E-state index contributed by atoms with van der Waals surface area (Å²) in [6, 6.07) is 6.48. The molecule has 0 amide bonds. The maximum absolute atomic E-state index is 9.72. The van der Waals surface area contributed by atoms with Crippen molar-refractivity contribution in [3.8, 4) is 17.3 Å². The minimum absolute atomic E-state index is 0.182. The van der Waals surface area contributed by atoms with Crippen molar-refractivity contribution in [1.82, 2.24) is 34.3 Å². The lowest BCUT2D eigenvalue weighted by Gasteiger charge is -2.30. The normalized spacial score (nSPS) is 18.5. The van der Waals surface area contributed by atoms with Crippen molar-refractivity contribution >= 4 is 17.1 Å². The quantitative estimate of drug-likeness (QED) is 0.495. The van der Waals surface area contributed by atoms with Gasteiger partial charge in [-0.2, -0.15) is 10.4 Å². The number of aryl methyl sites for hydroxylation is 1. The van der Waals surface area contributed by atoms with Crippen molar-refractivity contribution < 1.29 is 5.11 Å². The Balaban J connectivity index is 1.40. The Kier molecular flexibility index (Phi) is 5.25. The van der Waals surface area contributed by atoms with Crippen LogP contribution in [0.3, 0.4) is 0 Å². The maximum Gasteiger partial charge on any atom is 0.223 e. The molecule has 1 fully saturated rings. The second-order valence-electron chi connectivity index (χ2n) is 8.01. The van der Waals surface area contributed by atoms with E-state index in [1.54, 1.807) is 24.1 Å². The SMILES string of the molecule is Cn1ncc(-c2nc(N[C@@H]3CCC[C@H](n4cnc5cccnc54)C3)ncc2C#N)c1CO. The Morgan fingerprint density at radius 3 is 3.00 bits per heavy atom. The summed E-state index contributed by atoms with van der Waals surface area (Å²) in [7, 11) is 1.75. The smallest absolute Gasteiger partial charge is 0.223 e. The number of anilines is 1. The van der Waals surface area contributed by atoms with Gasteiger partial charge in [0.1, 0.15) is 11.6 Å². The Hall–Kier alpha value is -3.84. The molecule has 0 aliphatic heterocycles. The molecule has 0 aromatic carbocycles. The van der Waals surface area contributed by atoms with Gasteiger partial charge in [0.15, 0.2) is 5.65 Å². The molecule has 0 saturated heterocycles. The maximum atomic E-state index is 9.72. The Bertz CT molecular complexity index is 1300. The lowest BCUT2D eigenvalue weighted by Crippen LogP contribution is -2.29. The molecule has 2 N–H and O–H groups in total. The molecule has 10 heteroatoms. The van der Waals surface area contributed by atoms with Gasteiger partial charge < -0.3 is 15.0 Å². The summed E-state index contributed by atoms with van der Waals surface area (Å²) in [5.41, 5.74) is 3.86. The van der Waals surface area contributed by atoms with Gasteiger partial charge >= 0.3 is 0 Å². The third-order valence-electron chi connectivity index (χ3n) is 6.08. The van der Waals surface area contributed by atoms with Crippen molar-refractivity contribution in [3.05, 3.63) is 48.3 Å². The molecule has 4 heterocycles. The average molecular weight is 429 g/mol. The molecule has 1 aliphatic carbocycles. The number of imidazole rings is 1. The molecule has 5 rings (SSSR count). The lowest BCUT2D eigenvalue weighted by molar-refractivity contribution is 0.271. The Morgan fingerprint density at radius 1 is 1.25 bits per heavy atom. The van der Waals surface area contributed by atoms with Crippen LogP contribution in [0, 0.1) is 11.3 Å². The van der Waals surface area contributed by atoms with Gasteiger partial charge in [0.05, 0.1) is 42.3 Å². The molecule has 10 nitrogen and oxygen atoms in total. The van der Waals surface area contributed by atoms with Crippen LogP contribution in [0.25, 0.3) is 22.4 Å². The van der Waals surface area contributed by atoms with E-state index in [1.165, 1.54) is 6.20 Å². The van der Waals surface area contributed by atoms with Crippen LogP contribution < -0.4 is 5.32 Å². The molecule has 4 aromatic rings. The van der Waals surface area contributed by atoms with Gasteiger partial charge in [-0.05, 0) is 37.8 Å². The first-order chi connectivity index (χ1) is 15.7. The highest BCUT2D eigenvalue weighted by Crippen LogP contribution is 2.32. The predicted octanol–water partition coefficient (Wildman–Crippen LogP) is 2.58. The van der Waals surface area contributed by atoms with Crippen LogP contribution in [0.2, 0.25) is 0 Å². The number of aliphatic hydroxyl groups is 1. The first kappa shape index (κ1) is 20.1. The highest BCUT2D eigenvalue weighted by molar-refractivity contribution is 5.70. The molecule has 0 radical (unpaired) electrons. The van der Waals surface area contributed by atoms with Gasteiger partial charge in [0.2, 0.25) is 5.95 Å². The number of rotatable bonds is 5. The summed E-state index contributed by atoms with van der Waals surface area (Å²) in [4.78, 5) is 18.0. The third kappa shape index (κ3) is 3.56. The number of nitrogens with one attached hydrogen (secondary N) is 1. The van der Waals surface area contributed by atoms with E-state index in [4.69, 9.17) is 0 Å². The lowest BCUT2D eigenvalue weighted by atomic mass is 9.91. The van der Waals surface area contributed by atoms with E-state index < -0.39 is 0 Å². The molecule has 1 aliphatic rings. The summed E-state index contributed by atoms with van der Waals surface area (Å²) in [6.07, 6.45) is 10.8. The molecule has 0 bridgehead atoms. The molecular weight excluding hydrogens is 406 g/mol. The van der Waals surface area contributed by atoms with Crippen LogP contribution in [-0.2, 0) is 13.7 Å². The average Bonchev–Trinajstić information content (AvgIpc) is 3.42. The van der Waals surface area contributed by atoms with Gasteiger partial charge in [-0.3, -0.25) is 4.68 Å². The van der Waals surface area contributed by atoms with Crippen molar-refractivity contribution in [2.75, 3.05) is 5.32 Å². The monoisotopic (exact) mass is 429 g/mol.